The summed E-state index contributed by atoms with van der Waals surface area (Å²) < 4.78 is 26.4. The van der Waals surface area contributed by atoms with Crippen LogP contribution >= 0.6 is 0 Å². The van der Waals surface area contributed by atoms with Crippen LogP contribution in [-0.2, 0) is 10.0 Å². The molecule has 5 nitrogen and oxygen atoms in total. The summed E-state index contributed by atoms with van der Waals surface area (Å²) in [6.45, 7) is 0. The van der Waals surface area contributed by atoms with Gasteiger partial charge in [0.2, 0.25) is 0 Å². The van der Waals surface area contributed by atoms with Gasteiger partial charge in [-0.3, -0.25) is 4.98 Å². The largest absolute Gasteiger partial charge is 0.368 e. The van der Waals surface area contributed by atoms with Gasteiger partial charge < -0.3 is 4.90 Å². The maximum atomic E-state index is 11.5. The molecular weight excluding hydrogens is 202 g/mol. The molecule has 76 valence electrons. The van der Waals surface area contributed by atoms with Crippen LogP contribution in [0.3, 0.4) is 0 Å². The van der Waals surface area contributed by atoms with Gasteiger partial charge in [-0.1, -0.05) is 0 Å². The molecule has 0 spiro atoms. The molecule has 0 aliphatic carbocycles. The van der Waals surface area contributed by atoms with Crippen LogP contribution in [0.4, 0.5) is 0 Å². The second kappa shape index (κ2) is 4.19. The minimum Gasteiger partial charge on any atom is -0.368 e. The molecule has 0 radical (unpaired) electrons. The molecule has 0 bridgehead atoms. The molecule has 0 unspecified atom stereocenters. The Morgan fingerprint density at radius 1 is 1.50 bits per heavy atom. The van der Waals surface area contributed by atoms with E-state index < -0.39 is 10.0 Å². The third-order valence-electron chi connectivity index (χ3n) is 1.35. The second-order valence-corrected chi connectivity index (χ2v) is 4.48. The lowest BCUT2D eigenvalue weighted by molar-refractivity contribution is 0.594. The van der Waals surface area contributed by atoms with Crippen LogP contribution in [-0.4, -0.2) is 38.7 Å². The van der Waals surface area contributed by atoms with E-state index in [1.807, 2.05) is 0 Å². The van der Waals surface area contributed by atoms with Crippen molar-refractivity contribution >= 4 is 16.4 Å². The van der Waals surface area contributed by atoms with Crippen LogP contribution in [0.15, 0.2) is 33.8 Å². The second-order valence-electron chi connectivity index (χ2n) is 2.85. The Morgan fingerprint density at radius 2 is 2.21 bits per heavy atom. The smallest absolute Gasteiger partial charge is 0.285 e. The van der Waals surface area contributed by atoms with Gasteiger partial charge in [0.25, 0.3) is 10.0 Å². The van der Waals surface area contributed by atoms with Gasteiger partial charge in [0.05, 0.1) is 0 Å². The minimum absolute atomic E-state index is 0.0955. The number of nitrogens with zero attached hydrogens (tertiary/aromatic N) is 3. The average Bonchev–Trinajstić information content (AvgIpc) is 2.16. The number of pyridine rings is 1. The highest BCUT2D eigenvalue weighted by atomic mass is 32.2. The van der Waals surface area contributed by atoms with Crippen LogP contribution in [0.2, 0.25) is 0 Å². The Morgan fingerprint density at radius 3 is 2.71 bits per heavy atom. The van der Waals surface area contributed by atoms with Crippen molar-refractivity contribution in [3.05, 3.63) is 24.5 Å². The number of hydrogen-bond acceptors (Lipinski definition) is 3. The monoisotopic (exact) mass is 213 g/mol. The van der Waals surface area contributed by atoms with Crippen LogP contribution in [0.5, 0.6) is 0 Å². The predicted octanol–water partition coefficient (Wildman–Crippen LogP) is 0.360. The van der Waals surface area contributed by atoms with Gasteiger partial charge in [-0.15, -0.1) is 4.40 Å². The molecule has 1 heterocycles. The van der Waals surface area contributed by atoms with Crippen molar-refractivity contribution in [2.45, 2.75) is 4.90 Å². The van der Waals surface area contributed by atoms with Crippen LogP contribution in [0, 0.1) is 0 Å². The first-order valence-electron chi connectivity index (χ1n) is 3.89. The summed E-state index contributed by atoms with van der Waals surface area (Å²) in [5.41, 5.74) is 0. The van der Waals surface area contributed by atoms with E-state index in [0.717, 1.165) is 0 Å². The fourth-order valence-electron chi connectivity index (χ4n) is 0.717. The third-order valence-corrected chi connectivity index (χ3v) is 2.56. The molecule has 0 atom stereocenters. The number of hydrogen-bond donors (Lipinski definition) is 0. The highest BCUT2D eigenvalue weighted by Crippen LogP contribution is 2.08. The van der Waals surface area contributed by atoms with E-state index in [1.54, 1.807) is 25.1 Å². The Balaban J connectivity index is 2.99. The predicted molar refractivity (Wildman–Crippen MR) is 53.6 cm³/mol. The highest BCUT2D eigenvalue weighted by molar-refractivity contribution is 7.90. The molecule has 0 N–H and O–H groups in total. The summed E-state index contributed by atoms with van der Waals surface area (Å²) in [5.74, 6) is 0. The van der Waals surface area contributed by atoms with Gasteiger partial charge >= 0.3 is 0 Å². The SMILES string of the molecule is CN(C)C=NS(=O)(=O)c1cccnc1. The highest BCUT2D eigenvalue weighted by Gasteiger charge is 2.10. The van der Waals surface area contributed by atoms with E-state index in [2.05, 4.69) is 9.38 Å². The molecule has 0 saturated heterocycles. The van der Waals surface area contributed by atoms with E-state index in [4.69, 9.17) is 0 Å². The van der Waals surface area contributed by atoms with Crippen molar-refractivity contribution in [1.29, 1.82) is 0 Å². The van der Waals surface area contributed by atoms with Crippen molar-refractivity contribution in [1.82, 2.24) is 9.88 Å². The molecule has 1 rings (SSSR count). The summed E-state index contributed by atoms with van der Waals surface area (Å²) in [6.07, 6.45) is 4.01. The van der Waals surface area contributed by atoms with E-state index in [0.29, 0.717) is 0 Å². The quantitative estimate of drug-likeness (QED) is 0.537. The fourth-order valence-corrected chi connectivity index (χ4v) is 1.60. The van der Waals surface area contributed by atoms with Gasteiger partial charge in [-0.25, -0.2) is 0 Å². The molecule has 0 amide bonds. The Labute approximate surface area is 83.2 Å². The summed E-state index contributed by atoms with van der Waals surface area (Å²) in [5, 5.41) is 0. The lowest BCUT2D eigenvalue weighted by Gasteiger charge is -2.02. The maximum Gasteiger partial charge on any atom is 0.285 e. The van der Waals surface area contributed by atoms with Gasteiger partial charge in [0.1, 0.15) is 11.2 Å². The van der Waals surface area contributed by atoms with Crippen molar-refractivity contribution < 1.29 is 8.42 Å². The zero-order valence-electron chi connectivity index (χ0n) is 7.95. The maximum absolute atomic E-state index is 11.5. The van der Waals surface area contributed by atoms with Crippen molar-refractivity contribution in [2.24, 2.45) is 4.40 Å². The lowest BCUT2D eigenvalue weighted by atomic mass is 10.5. The molecule has 0 aliphatic heterocycles. The lowest BCUT2D eigenvalue weighted by Crippen LogP contribution is -2.10. The number of rotatable bonds is 3. The van der Waals surface area contributed by atoms with Gasteiger partial charge in [0, 0.05) is 26.5 Å². The molecule has 0 saturated carbocycles. The van der Waals surface area contributed by atoms with Crippen molar-refractivity contribution in [2.75, 3.05) is 14.1 Å². The van der Waals surface area contributed by atoms with Gasteiger partial charge in [0.15, 0.2) is 0 Å². The molecule has 0 aliphatic rings. The number of sulfonamides is 1. The van der Waals surface area contributed by atoms with Crippen LogP contribution in [0.25, 0.3) is 0 Å². The first-order valence-corrected chi connectivity index (χ1v) is 5.33. The third kappa shape index (κ3) is 2.81. The molecular formula is C8H11N3O2S. The normalized spacial score (nSPS) is 11.9. The number of aromatic nitrogens is 1. The van der Waals surface area contributed by atoms with E-state index in [-0.39, 0.29) is 4.90 Å². The zero-order valence-corrected chi connectivity index (χ0v) is 8.77. The van der Waals surface area contributed by atoms with E-state index in [9.17, 15) is 8.42 Å². The topological polar surface area (TPSA) is 62.6 Å². The molecule has 0 fully saturated rings. The van der Waals surface area contributed by atoms with Crippen LogP contribution in [0.1, 0.15) is 0 Å². The van der Waals surface area contributed by atoms with Gasteiger partial charge in [-0.05, 0) is 12.1 Å². The van der Waals surface area contributed by atoms with Crippen LogP contribution < -0.4 is 0 Å². The summed E-state index contributed by atoms with van der Waals surface area (Å²) in [7, 11) is -0.197. The first-order chi connectivity index (χ1) is 6.52. The Kier molecular flexibility index (Phi) is 3.19. The van der Waals surface area contributed by atoms with E-state index in [1.165, 1.54) is 24.8 Å². The summed E-state index contributed by atoms with van der Waals surface area (Å²) in [6, 6.07) is 3.01. The molecule has 14 heavy (non-hydrogen) atoms. The molecule has 0 aromatic carbocycles. The Hall–Kier alpha value is -1.43. The molecule has 6 heteroatoms. The fraction of sp³-hybridized carbons (Fsp3) is 0.250. The van der Waals surface area contributed by atoms with Crippen molar-refractivity contribution in [3.63, 3.8) is 0 Å². The Bertz CT molecular complexity index is 411. The standard InChI is InChI=1S/C8H11N3O2S/c1-11(2)7-10-14(12,13)8-4-3-5-9-6-8/h3-7H,1-2H3. The minimum atomic E-state index is -3.59. The molecule has 1 aromatic heterocycles. The average molecular weight is 213 g/mol. The molecule has 1 aromatic rings. The first kappa shape index (κ1) is 10.6. The van der Waals surface area contributed by atoms with Gasteiger partial charge in [-0.2, -0.15) is 8.42 Å². The summed E-state index contributed by atoms with van der Waals surface area (Å²) in [4.78, 5) is 5.36. The van der Waals surface area contributed by atoms with Crippen molar-refractivity contribution in [3.8, 4) is 0 Å². The summed E-state index contributed by atoms with van der Waals surface area (Å²) >= 11 is 0. The zero-order chi connectivity index (χ0) is 10.6. The van der Waals surface area contributed by atoms with E-state index >= 15 is 0 Å².